The van der Waals surface area contributed by atoms with Crippen LogP contribution in [0.4, 0.5) is 5.69 Å². The molecule has 1 aromatic rings. The first-order valence-corrected chi connectivity index (χ1v) is 7.26. The molecule has 0 aromatic heterocycles. The van der Waals surface area contributed by atoms with Crippen LogP contribution in [0.2, 0.25) is 0 Å². The Bertz CT molecular complexity index is 381. The summed E-state index contributed by atoms with van der Waals surface area (Å²) in [6.45, 7) is 5.61. The van der Waals surface area contributed by atoms with E-state index in [0.717, 1.165) is 13.0 Å². The predicted octanol–water partition coefficient (Wildman–Crippen LogP) is 2.58. The van der Waals surface area contributed by atoms with E-state index in [2.05, 4.69) is 42.0 Å². The highest BCUT2D eigenvalue weighted by Gasteiger charge is 2.16. The summed E-state index contributed by atoms with van der Waals surface area (Å²) in [5.74, 6) is 0.288. The molecule has 106 valence electrons. The fourth-order valence-corrected chi connectivity index (χ4v) is 1.84. The van der Waals surface area contributed by atoms with Crippen LogP contribution in [0.1, 0.15) is 20.3 Å². The summed E-state index contributed by atoms with van der Waals surface area (Å²) in [6.07, 6.45) is 0.926. The van der Waals surface area contributed by atoms with E-state index in [4.69, 9.17) is 0 Å². The number of nitrogens with zero attached hydrogens (tertiary/aromatic N) is 1. The third kappa shape index (κ3) is 5.55. The van der Waals surface area contributed by atoms with Crippen molar-refractivity contribution in [2.75, 3.05) is 25.0 Å². The molecule has 1 unspecified atom stereocenters. The van der Waals surface area contributed by atoms with Gasteiger partial charge in [-0.15, -0.1) is 0 Å². The first kappa shape index (κ1) is 15.9. The zero-order chi connectivity index (χ0) is 14.3. The van der Waals surface area contributed by atoms with Crippen LogP contribution in [0.3, 0.4) is 0 Å². The minimum atomic E-state index is -0.216. The topological polar surface area (TPSA) is 32.3 Å². The first-order valence-electron chi connectivity index (χ1n) is 6.74. The van der Waals surface area contributed by atoms with Crippen molar-refractivity contribution in [3.05, 3.63) is 30.3 Å². The molecule has 1 amide bonds. The van der Waals surface area contributed by atoms with E-state index in [9.17, 15) is 4.79 Å². The van der Waals surface area contributed by atoms with Gasteiger partial charge in [0.05, 0.1) is 5.25 Å². The molecule has 1 aromatic carbocycles. The highest BCUT2D eigenvalue weighted by atomic mass is 32.1. The van der Waals surface area contributed by atoms with Gasteiger partial charge in [0.1, 0.15) is 0 Å². The fourth-order valence-electron chi connectivity index (χ4n) is 1.75. The SMILES string of the molecule is CC(C)C(S)C(=O)NCCCN(C)c1ccccc1. The summed E-state index contributed by atoms with van der Waals surface area (Å²) in [5, 5.41) is 2.71. The number of thiol groups is 1. The number of carbonyl (C=O) groups excluding carboxylic acids is 1. The van der Waals surface area contributed by atoms with E-state index in [1.54, 1.807) is 0 Å². The molecule has 4 heteroatoms. The van der Waals surface area contributed by atoms with Crippen molar-refractivity contribution in [2.45, 2.75) is 25.5 Å². The Hall–Kier alpha value is -1.16. The number of hydrogen-bond donors (Lipinski definition) is 2. The lowest BCUT2D eigenvalue weighted by Crippen LogP contribution is -2.36. The monoisotopic (exact) mass is 280 g/mol. The molecule has 0 aliphatic heterocycles. The van der Waals surface area contributed by atoms with E-state index >= 15 is 0 Å². The number of para-hydroxylation sites is 1. The zero-order valence-electron chi connectivity index (χ0n) is 12.0. The molecule has 0 saturated carbocycles. The lowest BCUT2D eigenvalue weighted by atomic mass is 10.1. The lowest BCUT2D eigenvalue weighted by molar-refractivity contribution is -0.121. The smallest absolute Gasteiger partial charge is 0.233 e. The second-order valence-electron chi connectivity index (χ2n) is 5.09. The van der Waals surface area contributed by atoms with E-state index in [1.807, 2.05) is 32.0 Å². The largest absolute Gasteiger partial charge is 0.375 e. The highest BCUT2D eigenvalue weighted by Crippen LogP contribution is 2.11. The second-order valence-corrected chi connectivity index (χ2v) is 5.65. The first-order chi connectivity index (χ1) is 9.02. The summed E-state index contributed by atoms with van der Waals surface area (Å²) in [4.78, 5) is 13.9. The van der Waals surface area contributed by atoms with Gasteiger partial charge in [-0.25, -0.2) is 0 Å². The number of carbonyl (C=O) groups is 1. The van der Waals surface area contributed by atoms with Gasteiger partial charge in [0, 0.05) is 25.8 Å². The quantitative estimate of drug-likeness (QED) is 0.594. The predicted molar refractivity (Wildman–Crippen MR) is 85.0 cm³/mol. The summed E-state index contributed by atoms with van der Waals surface area (Å²) in [7, 11) is 2.06. The van der Waals surface area contributed by atoms with Gasteiger partial charge in [-0.1, -0.05) is 32.0 Å². The van der Waals surface area contributed by atoms with Crippen LogP contribution in [0.25, 0.3) is 0 Å². The maximum Gasteiger partial charge on any atom is 0.233 e. The van der Waals surface area contributed by atoms with E-state index < -0.39 is 0 Å². The van der Waals surface area contributed by atoms with Crippen molar-refractivity contribution in [1.29, 1.82) is 0 Å². The van der Waals surface area contributed by atoms with Crippen molar-refractivity contribution >= 4 is 24.2 Å². The zero-order valence-corrected chi connectivity index (χ0v) is 12.9. The minimum absolute atomic E-state index is 0.0284. The average Bonchev–Trinajstić information content (AvgIpc) is 2.43. The van der Waals surface area contributed by atoms with Crippen LogP contribution >= 0.6 is 12.6 Å². The van der Waals surface area contributed by atoms with Crippen molar-refractivity contribution in [3.8, 4) is 0 Å². The third-order valence-corrected chi connectivity index (χ3v) is 3.90. The Morgan fingerprint density at radius 2 is 1.95 bits per heavy atom. The van der Waals surface area contributed by atoms with Crippen LogP contribution in [0.15, 0.2) is 30.3 Å². The van der Waals surface area contributed by atoms with Crippen molar-refractivity contribution in [3.63, 3.8) is 0 Å². The molecule has 1 atom stereocenters. The molecule has 0 aliphatic rings. The van der Waals surface area contributed by atoms with Gasteiger partial charge in [-0.05, 0) is 24.5 Å². The number of benzene rings is 1. The fraction of sp³-hybridized carbons (Fsp3) is 0.533. The van der Waals surface area contributed by atoms with Crippen LogP contribution in [0.5, 0.6) is 0 Å². The molecule has 0 aliphatic carbocycles. The van der Waals surface area contributed by atoms with Crippen LogP contribution in [-0.2, 0) is 4.79 Å². The molecule has 0 bridgehead atoms. The summed E-state index contributed by atoms with van der Waals surface area (Å²) < 4.78 is 0. The number of hydrogen-bond acceptors (Lipinski definition) is 3. The normalized spacial score (nSPS) is 12.3. The van der Waals surface area contributed by atoms with Crippen molar-refractivity contribution in [1.82, 2.24) is 5.32 Å². The second kappa shape index (κ2) is 8.10. The number of amides is 1. The molecule has 1 N–H and O–H groups in total. The molecule has 0 saturated heterocycles. The maximum absolute atomic E-state index is 11.7. The Balaban J connectivity index is 2.23. The molecule has 3 nitrogen and oxygen atoms in total. The van der Waals surface area contributed by atoms with Crippen LogP contribution in [0, 0.1) is 5.92 Å². The Kier molecular flexibility index (Phi) is 6.78. The summed E-state index contributed by atoms with van der Waals surface area (Å²) in [5.41, 5.74) is 1.20. The van der Waals surface area contributed by atoms with Crippen LogP contribution < -0.4 is 10.2 Å². The molecular formula is C15H24N2OS. The molecule has 0 fully saturated rings. The summed E-state index contributed by atoms with van der Waals surface area (Å²) in [6, 6.07) is 10.2. The molecule has 1 rings (SSSR count). The van der Waals surface area contributed by atoms with Crippen molar-refractivity contribution in [2.24, 2.45) is 5.92 Å². The molecule has 0 radical (unpaired) electrons. The van der Waals surface area contributed by atoms with Gasteiger partial charge in [0.25, 0.3) is 0 Å². The van der Waals surface area contributed by atoms with E-state index in [-0.39, 0.29) is 17.1 Å². The highest BCUT2D eigenvalue weighted by molar-refractivity contribution is 7.81. The van der Waals surface area contributed by atoms with Gasteiger partial charge >= 0.3 is 0 Å². The number of nitrogens with one attached hydrogen (secondary N) is 1. The number of rotatable bonds is 7. The lowest BCUT2D eigenvalue weighted by Gasteiger charge is -2.20. The van der Waals surface area contributed by atoms with Gasteiger partial charge in [-0.3, -0.25) is 4.79 Å². The average molecular weight is 280 g/mol. The van der Waals surface area contributed by atoms with Gasteiger partial charge in [0.2, 0.25) is 5.91 Å². The standard InChI is InChI=1S/C15H24N2OS/c1-12(2)14(19)15(18)16-10-7-11-17(3)13-8-5-4-6-9-13/h4-6,8-9,12,14,19H,7,10-11H2,1-3H3,(H,16,18). The molecular weight excluding hydrogens is 256 g/mol. The van der Waals surface area contributed by atoms with E-state index in [1.165, 1.54) is 5.69 Å². The molecule has 19 heavy (non-hydrogen) atoms. The maximum atomic E-state index is 11.7. The van der Waals surface area contributed by atoms with Gasteiger partial charge in [-0.2, -0.15) is 12.6 Å². The Morgan fingerprint density at radius 3 is 2.53 bits per heavy atom. The Morgan fingerprint density at radius 1 is 1.32 bits per heavy atom. The van der Waals surface area contributed by atoms with E-state index in [0.29, 0.717) is 6.54 Å². The van der Waals surface area contributed by atoms with Gasteiger partial charge in [0.15, 0.2) is 0 Å². The van der Waals surface area contributed by atoms with Crippen LogP contribution in [-0.4, -0.2) is 31.3 Å². The van der Waals surface area contributed by atoms with Gasteiger partial charge < -0.3 is 10.2 Å². The minimum Gasteiger partial charge on any atom is -0.375 e. The third-order valence-electron chi connectivity index (χ3n) is 3.07. The number of anilines is 1. The molecule has 0 heterocycles. The van der Waals surface area contributed by atoms with Crippen molar-refractivity contribution < 1.29 is 4.79 Å². The Labute approximate surface area is 121 Å². The summed E-state index contributed by atoms with van der Waals surface area (Å²) >= 11 is 4.30. The molecule has 0 spiro atoms.